The molecule has 18 heavy (non-hydrogen) atoms. The maximum atomic E-state index is 10.8. The molecule has 0 saturated carbocycles. The van der Waals surface area contributed by atoms with E-state index in [0.717, 1.165) is 0 Å². The van der Waals surface area contributed by atoms with Crippen LogP contribution in [0, 0.1) is 10.1 Å². The number of hydrogen-bond acceptors (Lipinski definition) is 5. The second kappa shape index (κ2) is 3.88. The highest BCUT2D eigenvalue weighted by Crippen LogP contribution is 2.18. The fourth-order valence-corrected chi connectivity index (χ4v) is 1.66. The monoisotopic (exact) mass is 241 g/mol. The van der Waals surface area contributed by atoms with E-state index in [-0.39, 0.29) is 5.69 Å². The van der Waals surface area contributed by atoms with Crippen molar-refractivity contribution in [3.8, 4) is 11.5 Å². The minimum Gasteiger partial charge on any atom is -0.274 e. The van der Waals surface area contributed by atoms with Gasteiger partial charge in [0.2, 0.25) is 0 Å². The molecule has 0 amide bonds. The largest absolute Gasteiger partial charge is 0.286 e. The molecule has 0 radical (unpaired) electrons. The Balaban J connectivity index is 2.24. The van der Waals surface area contributed by atoms with E-state index in [9.17, 15) is 10.1 Å². The molecule has 88 valence electrons. The summed E-state index contributed by atoms with van der Waals surface area (Å²) in [5, 5.41) is 18.7. The average molecular weight is 241 g/mol. The highest BCUT2D eigenvalue weighted by atomic mass is 16.6. The number of pyridine rings is 2. The van der Waals surface area contributed by atoms with Crippen LogP contribution in [0.25, 0.3) is 17.2 Å². The van der Waals surface area contributed by atoms with Gasteiger partial charge < -0.3 is 0 Å². The third-order valence-electron chi connectivity index (χ3n) is 2.49. The lowest BCUT2D eigenvalue weighted by Crippen LogP contribution is -1.94. The molecule has 3 aromatic heterocycles. The van der Waals surface area contributed by atoms with Gasteiger partial charge in [-0.1, -0.05) is 6.07 Å². The minimum atomic E-state index is -0.457. The van der Waals surface area contributed by atoms with Gasteiger partial charge in [-0.2, -0.15) is 0 Å². The van der Waals surface area contributed by atoms with Crippen LogP contribution in [0.15, 0.2) is 42.7 Å². The first kappa shape index (κ1) is 10.3. The molecule has 0 aliphatic rings. The van der Waals surface area contributed by atoms with Gasteiger partial charge in [0.05, 0.1) is 11.1 Å². The van der Waals surface area contributed by atoms with E-state index in [4.69, 9.17) is 0 Å². The molecular formula is C11H7N5O2. The first-order chi connectivity index (χ1) is 8.75. The van der Waals surface area contributed by atoms with Crippen LogP contribution < -0.4 is 0 Å². The van der Waals surface area contributed by atoms with Crippen LogP contribution in [0.5, 0.6) is 0 Å². The van der Waals surface area contributed by atoms with Gasteiger partial charge in [-0.15, -0.1) is 10.2 Å². The summed E-state index contributed by atoms with van der Waals surface area (Å²) in [4.78, 5) is 14.4. The van der Waals surface area contributed by atoms with Crippen LogP contribution in [0.1, 0.15) is 0 Å². The summed E-state index contributed by atoms with van der Waals surface area (Å²) in [6, 6.07) is 8.33. The van der Waals surface area contributed by atoms with Gasteiger partial charge in [0.25, 0.3) is 5.69 Å². The molecular weight excluding hydrogens is 234 g/mol. The number of hydrogen-bond donors (Lipinski definition) is 0. The molecule has 3 heterocycles. The molecule has 0 spiro atoms. The van der Waals surface area contributed by atoms with Crippen LogP contribution in [0.3, 0.4) is 0 Å². The lowest BCUT2D eigenvalue weighted by molar-refractivity contribution is -0.385. The second-order valence-corrected chi connectivity index (χ2v) is 3.61. The molecule has 3 rings (SSSR count). The van der Waals surface area contributed by atoms with Gasteiger partial charge in [-0.05, 0) is 18.2 Å². The number of nitro groups is 1. The van der Waals surface area contributed by atoms with Gasteiger partial charge >= 0.3 is 0 Å². The predicted molar refractivity (Wildman–Crippen MR) is 62.9 cm³/mol. The van der Waals surface area contributed by atoms with E-state index in [0.29, 0.717) is 17.2 Å². The molecule has 0 saturated heterocycles. The summed E-state index contributed by atoms with van der Waals surface area (Å²) in [6.45, 7) is 0. The van der Waals surface area contributed by atoms with Crippen LogP contribution in [-0.2, 0) is 0 Å². The maximum absolute atomic E-state index is 10.8. The van der Waals surface area contributed by atoms with Crippen LogP contribution in [0.4, 0.5) is 5.69 Å². The summed E-state index contributed by atoms with van der Waals surface area (Å²) >= 11 is 0. The standard InChI is InChI=1S/C11H7N5O2/c17-16(18)8-4-5-10-13-14-11(15(10)7-8)9-3-1-2-6-12-9/h1-7H. The van der Waals surface area contributed by atoms with Gasteiger partial charge in [-0.25, -0.2) is 0 Å². The molecule has 0 N–H and O–H groups in total. The molecule has 0 unspecified atom stereocenters. The first-order valence-corrected chi connectivity index (χ1v) is 5.16. The van der Waals surface area contributed by atoms with Crippen LogP contribution in [-0.4, -0.2) is 24.5 Å². The van der Waals surface area contributed by atoms with Crippen molar-refractivity contribution in [1.29, 1.82) is 0 Å². The van der Waals surface area contributed by atoms with Gasteiger partial charge in [0.1, 0.15) is 5.69 Å². The van der Waals surface area contributed by atoms with Crippen molar-refractivity contribution in [1.82, 2.24) is 19.6 Å². The van der Waals surface area contributed by atoms with Crippen molar-refractivity contribution in [2.24, 2.45) is 0 Å². The molecule has 3 aromatic rings. The van der Waals surface area contributed by atoms with E-state index in [1.54, 1.807) is 28.8 Å². The summed E-state index contributed by atoms with van der Waals surface area (Å²) in [7, 11) is 0. The fourth-order valence-electron chi connectivity index (χ4n) is 1.66. The molecule has 7 heteroatoms. The van der Waals surface area contributed by atoms with Crippen molar-refractivity contribution in [3.63, 3.8) is 0 Å². The molecule has 0 atom stereocenters. The normalized spacial score (nSPS) is 10.7. The Hall–Kier alpha value is -2.83. The summed E-state index contributed by atoms with van der Waals surface area (Å²) in [5.41, 5.74) is 1.14. The minimum absolute atomic E-state index is 0.0144. The average Bonchev–Trinajstić information content (AvgIpc) is 2.82. The highest BCUT2D eigenvalue weighted by molar-refractivity contribution is 5.56. The van der Waals surface area contributed by atoms with Crippen molar-refractivity contribution in [2.45, 2.75) is 0 Å². The van der Waals surface area contributed by atoms with Crippen molar-refractivity contribution >= 4 is 11.3 Å². The lowest BCUT2D eigenvalue weighted by atomic mass is 10.3. The zero-order chi connectivity index (χ0) is 12.5. The lowest BCUT2D eigenvalue weighted by Gasteiger charge is -1.98. The molecule has 0 aliphatic carbocycles. The number of fused-ring (bicyclic) bond motifs is 1. The summed E-state index contributed by atoms with van der Waals surface area (Å²) in [6.07, 6.45) is 3.02. The summed E-state index contributed by atoms with van der Waals surface area (Å²) in [5.74, 6) is 0.481. The van der Waals surface area contributed by atoms with Crippen molar-refractivity contribution in [2.75, 3.05) is 0 Å². The molecule has 0 fully saturated rings. The Morgan fingerprint density at radius 2 is 2.06 bits per heavy atom. The Morgan fingerprint density at radius 1 is 1.17 bits per heavy atom. The first-order valence-electron chi connectivity index (χ1n) is 5.16. The Kier molecular flexibility index (Phi) is 2.23. The van der Waals surface area contributed by atoms with Gasteiger partial charge in [-0.3, -0.25) is 19.5 Å². The zero-order valence-corrected chi connectivity index (χ0v) is 9.09. The highest BCUT2D eigenvalue weighted by Gasteiger charge is 2.12. The van der Waals surface area contributed by atoms with Crippen LogP contribution in [0.2, 0.25) is 0 Å². The van der Waals surface area contributed by atoms with Crippen LogP contribution >= 0.6 is 0 Å². The van der Waals surface area contributed by atoms with E-state index >= 15 is 0 Å². The van der Waals surface area contributed by atoms with E-state index < -0.39 is 4.92 Å². The molecule has 0 bridgehead atoms. The number of nitrogens with zero attached hydrogens (tertiary/aromatic N) is 5. The number of aromatic nitrogens is 4. The third kappa shape index (κ3) is 1.58. The molecule has 7 nitrogen and oxygen atoms in total. The quantitative estimate of drug-likeness (QED) is 0.503. The molecule has 0 aliphatic heterocycles. The van der Waals surface area contributed by atoms with E-state index in [1.165, 1.54) is 12.3 Å². The Bertz CT molecular complexity index is 723. The van der Waals surface area contributed by atoms with Gasteiger partial charge in [0.15, 0.2) is 11.5 Å². The SMILES string of the molecule is O=[N+]([O-])c1ccc2nnc(-c3ccccn3)n2c1. The van der Waals surface area contributed by atoms with Crippen molar-refractivity contribution in [3.05, 3.63) is 52.8 Å². The Labute approximate surface area is 101 Å². The second-order valence-electron chi connectivity index (χ2n) is 3.61. The topological polar surface area (TPSA) is 86.2 Å². The van der Waals surface area contributed by atoms with E-state index in [2.05, 4.69) is 15.2 Å². The summed E-state index contributed by atoms with van der Waals surface area (Å²) < 4.78 is 1.56. The van der Waals surface area contributed by atoms with E-state index in [1.807, 2.05) is 6.07 Å². The number of rotatable bonds is 2. The predicted octanol–water partition coefficient (Wildman–Crippen LogP) is 1.70. The fraction of sp³-hybridized carbons (Fsp3) is 0. The maximum Gasteiger partial charge on any atom is 0.286 e. The van der Waals surface area contributed by atoms with Crippen molar-refractivity contribution < 1.29 is 4.92 Å². The van der Waals surface area contributed by atoms with Gasteiger partial charge in [0, 0.05) is 12.3 Å². The smallest absolute Gasteiger partial charge is 0.274 e. The molecule has 0 aromatic carbocycles. The third-order valence-corrected chi connectivity index (χ3v) is 2.49. The Morgan fingerprint density at radius 3 is 2.78 bits per heavy atom. The zero-order valence-electron chi connectivity index (χ0n) is 9.09.